The molecule has 2 aromatic heterocycles. The van der Waals surface area contributed by atoms with Crippen LogP contribution in [0.5, 0.6) is 0 Å². The fourth-order valence-electron chi connectivity index (χ4n) is 2.18. The van der Waals surface area contributed by atoms with E-state index < -0.39 is 0 Å². The Morgan fingerprint density at radius 2 is 2.35 bits per heavy atom. The molecule has 0 bridgehead atoms. The zero-order valence-electron chi connectivity index (χ0n) is 9.51. The number of aryl methyl sites for hydroxylation is 1. The Labute approximate surface area is 103 Å². The van der Waals surface area contributed by atoms with E-state index in [1.807, 2.05) is 24.6 Å². The second-order valence-electron chi connectivity index (χ2n) is 4.18. The minimum absolute atomic E-state index is 0.130. The lowest BCUT2D eigenvalue weighted by Gasteiger charge is -2.14. The van der Waals surface area contributed by atoms with Crippen molar-refractivity contribution in [1.82, 2.24) is 9.78 Å². The molecule has 0 aromatic carbocycles. The van der Waals surface area contributed by atoms with Crippen LogP contribution in [0, 0.1) is 0 Å². The van der Waals surface area contributed by atoms with E-state index in [0.717, 1.165) is 35.2 Å². The minimum Gasteiger partial charge on any atom is -0.289 e. The molecule has 1 aliphatic carbocycles. The molecule has 3 rings (SSSR count). The molecular weight excluding hydrogens is 232 g/mol. The molecule has 0 aliphatic heterocycles. The molecule has 86 valence electrons. The number of carbonyl (C=O) groups excluding carboxylic acids is 1. The standard InChI is InChI=1S/C13H12N2OS/c1-15-12-3-2-10(6-9-4-5-17-8-9)13(16)11(12)7-14-15/h4-8H,2-3H2,1H3/b10-6-. The first kappa shape index (κ1) is 10.5. The third kappa shape index (κ3) is 1.74. The van der Waals surface area contributed by atoms with Gasteiger partial charge in [-0.05, 0) is 41.3 Å². The molecule has 17 heavy (non-hydrogen) atoms. The molecule has 2 heterocycles. The van der Waals surface area contributed by atoms with Gasteiger partial charge in [-0.2, -0.15) is 16.4 Å². The first-order valence-corrected chi connectivity index (χ1v) is 6.48. The molecule has 0 atom stereocenters. The SMILES string of the molecule is Cn1ncc2c1CC/C(=C/c1ccsc1)C2=O. The first-order valence-electron chi connectivity index (χ1n) is 5.54. The molecule has 3 nitrogen and oxygen atoms in total. The fraction of sp³-hybridized carbons (Fsp3) is 0.231. The maximum absolute atomic E-state index is 12.2. The van der Waals surface area contributed by atoms with E-state index >= 15 is 0 Å². The zero-order chi connectivity index (χ0) is 11.8. The molecule has 0 N–H and O–H groups in total. The van der Waals surface area contributed by atoms with Crippen LogP contribution in [0.25, 0.3) is 6.08 Å². The van der Waals surface area contributed by atoms with Crippen LogP contribution in [0.1, 0.15) is 28.0 Å². The van der Waals surface area contributed by atoms with Crippen molar-refractivity contribution in [2.24, 2.45) is 7.05 Å². The summed E-state index contributed by atoms with van der Waals surface area (Å²) in [4.78, 5) is 12.2. The van der Waals surface area contributed by atoms with Crippen LogP contribution in [0.3, 0.4) is 0 Å². The number of thiophene rings is 1. The highest BCUT2D eigenvalue weighted by Gasteiger charge is 2.24. The van der Waals surface area contributed by atoms with Gasteiger partial charge >= 0.3 is 0 Å². The van der Waals surface area contributed by atoms with Crippen LogP contribution < -0.4 is 0 Å². The van der Waals surface area contributed by atoms with E-state index in [-0.39, 0.29) is 5.78 Å². The number of aromatic nitrogens is 2. The maximum atomic E-state index is 12.2. The van der Waals surface area contributed by atoms with Crippen molar-refractivity contribution in [1.29, 1.82) is 0 Å². The van der Waals surface area contributed by atoms with Gasteiger partial charge in [0.05, 0.1) is 11.8 Å². The molecular formula is C13H12N2OS. The Hall–Kier alpha value is -1.68. The van der Waals surface area contributed by atoms with E-state index in [1.165, 1.54) is 0 Å². The first-order chi connectivity index (χ1) is 8.25. The Morgan fingerprint density at radius 1 is 1.47 bits per heavy atom. The van der Waals surface area contributed by atoms with Gasteiger partial charge in [0.2, 0.25) is 0 Å². The summed E-state index contributed by atoms with van der Waals surface area (Å²) in [5.74, 6) is 0.130. The van der Waals surface area contributed by atoms with Crippen LogP contribution in [-0.4, -0.2) is 15.6 Å². The summed E-state index contributed by atoms with van der Waals surface area (Å²) in [7, 11) is 1.89. The summed E-state index contributed by atoms with van der Waals surface area (Å²) in [6, 6.07) is 2.03. The number of allylic oxidation sites excluding steroid dienone is 1. The number of nitrogens with zero attached hydrogens (tertiary/aromatic N) is 2. The van der Waals surface area contributed by atoms with Crippen LogP contribution in [0.4, 0.5) is 0 Å². The summed E-state index contributed by atoms with van der Waals surface area (Å²) >= 11 is 1.65. The monoisotopic (exact) mass is 244 g/mol. The molecule has 0 radical (unpaired) electrons. The molecule has 0 fully saturated rings. The molecule has 1 aliphatic rings. The number of hydrogen-bond donors (Lipinski definition) is 0. The molecule has 0 unspecified atom stereocenters. The predicted octanol–water partition coefficient (Wildman–Crippen LogP) is 2.69. The highest BCUT2D eigenvalue weighted by atomic mass is 32.1. The highest BCUT2D eigenvalue weighted by Crippen LogP contribution is 2.26. The third-order valence-electron chi connectivity index (χ3n) is 3.11. The molecule has 4 heteroatoms. The van der Waals surface area contributed by atoms with Gasteiger partial charge in [0, 0.05) is 18.3 Å². The van der Waals surface area contributed by atoms with E-state index in [1.54, 1.807) is 22.2 Å². The van der Waals surface area contributed by atoms with Crippen molar-refractivity contribution in [2.45, 2.75) is 12.8 Å². The van der Waals surface area contributed by atoms with Gasteiger partial charge in [-0.3, -0.25) is 9.48 Å². The van der Waals surface area contributed by atoms with Gasteiger partial charge < -0.3 is 0 Å². The molecule has 0 amide bonds. The van der Waals surface area contributed by atoms with Crippen LogP contribution in [0.2, 0.25) is 0 Å². The maximum Gasteiger partial charge on any atom is 0.192 e. The normalized spacial score (nSPS) is 17.5. The lowest BCUT2D eigenvalue weighted by Crippen LogP contribution is -2.14. The average molecular weight is 244 g/mol. The predicted molar refractivity (Wildman–Crippen MR) is 68.2 cm³/mol. The number of ketones is 1. The Morgan fingerprint density at radius 3 is 3.12 bits per heavy atom. The van der Waals surface area contributed by atoms with E-state index in [2.05, 4.69) is 10.5 Å². The van der Waals surface area contributed by atoms with E-state index in [4.69, 9.17) is 0 Å². The topological polar surface area (TPSA) is 34.9 Å². The van der Waals surface area contributed by atoms with Crippen molar-refractivity contribution in [2.75, 3.05) is 0 Å². The summed E-state index contributed by atoms with van der Waals surface area (Å²) in [5, 5.41) is 8.23. The molecule has 0 saturated carbocycles. The van der Waals surface area contributed by atoms with Crippen LogP contribution in [0.15, 0.2) is 28.6 Å². The summed E-state index contributed by atoms with van der Waals surface area (Å²) < 4.78 is 1.80. The molecule has 0 saturated heterocycles. The lowest BCUT2D eigenvalue weighted by atomic mass is 9.90. The smallest absolute Gasteiger partial charge is 0.192 e. The van der Waals surface area contributed by atoms with E-state index in [0.29, 0.717) is 0 Å². The quantitative estimate of drug-likeness (QED) is 0.723. The van der Waals surface area contributed by atoms with Gasteiger partial charge in [-0.15, -0.1) is 0 Å². The Balaban J connectivity index is 2.00. The average Bonchev–Trinajstić information content (AvgIpc) is 2.93. The van der Waals surface area contributed by atoms with Gasteiger partial charge in [-0.25, -0.2) is 0 Å². The number of hydrogen-bond acceptors (Lipinski definition) is 3. The fourth-order valence-corrected chi connectivity index (χ4v) is 2.80. The number of carbonyl (C=O) groups is 1. The number of Topliss-reactive ketones (excluding diaryl/α,β-unsaturated/α-hetero) is 1. The molecule has 2 aromatic rings. The second-order valence-corrected chi connectivity index (χ2v) is 4.96. The van der Waals surface area contributed by atoms with E-state index in [9.17, 15) is 4.79 Å². The summed E-state index contributed by atoms with van der Waals surface area (Å²) in [6.45, 7) is 0. The number of rotatable bonds is 1. The Bertz CT molecular complexity index is 593. The van der Waals surface area contributed by atoms with Gasteiger partial charge in [-0.1, -0.05) is 0 Å². The van der Waals surface area contributed by atoms with Gasteiger partial charge in [0.15, 0.2) is 5.78 Å². The summed E-state index contributed by atoms with van der Waals surface area (Å²) in [5.41, 5.74) is 3.83. The van der Waals surface area contributed by atoms with Crippen molar-refractivity contribution in [3.63, 3.8) is 0 Å². The highest BCUT2D eigenvalue weighted by molar-refractivity contribution is 7.08. The van der Waals surface area contributed by atoms with Crippen LogP contribution >= 0.6 is 11.3 Å². The Kier molecular flexibility index (Phi) is 2.44. The second kappa shape index (κ2) is 3.96. The summed E-state index contributed by atoms with van der Waals surface area (Å²) in [6.07, 6.45) is 5.38. The molecule has 0 spiro atoms. The van der Waals surface area contributed by atoms with Crippen molar-refractivity contribution < 1.29 is 4.79 Å². The van der Waals surface area contributed by atoms with Gasteiger partial charge in [0.1, 0.15) is 0 Å². The third-order valence-corrected chi connectivity index (χ3v) is 3.81. The largest absolute Gasteiger partial charge is 0.289 e. The zero-order valence-corrected chi connectivity index (χ0v) is 10.3. The number of fused-ring (bicyclic) bond motifs is 1. The van der Waals surface area contributed by atoms with Gasteiger partial charge in [0.25, 0.3) is 0 Å². The lowest BCUT2D eigenvalue weighted by molar-refractivity contribution is 0.102. The van der Waals surface area contributed by atoms with Crippen molar-refractivity contribution in [3.8, 4) is 0 Å². The van der Waals surface area contributed by atoms with Crippen molar-refractivity contribution in [3.05, 3.63) is 45.4 Å². The van der Waals surface area contributed by atoms with Crippen molar-refractivity contribution >= 4 is 23.2 Å². The van der Waals surface area contributed by atoms with Crippen LogP contribution in [-0.2, 0) is 13.5 Å². The minimum atomic E-state index is 0.130.